The van der Waals surface area contributed by atoms with E-state index in [4.69, 9.17) is 0 Å². The van der Waals surface area contributed by atoms with E-state index >= 15 is 0 Å². The number of benzene rings is 1. The van der Waals surface area contributed by atoms with Crippen LogP contribution in [0.5, 0.6) is 0 Å². The van der Waals surface area contributed by atoms with E-state index in [1.165, 1.54) is 5.56 Å². The van der Waals surface area contributed by atoms with Gasteiger partial charge in [0.2, 0.25) is 5.82 Å². The highest BCUT2D eigenvalue weighted by Gasteiger charge is 2.23. The Balaban J connectivity index is 1.33. The van der Waals surface area contributed by atoms with Crippen molar-refractivity contribution in [3.8, 4) is 0 Å². The largest absolute Gasteiger partial charge is 0.346 e. The maximum absolute atomic E-state index is 12.5. The molecule has 7 nitrogen and oxygen atoms in total. The van der Waals surface area contributed by atoms with E-state index in [2.05, 4.69) is 49.5 Å². The Hall–Kier alpha value is -2.80. The van der Waals surface area contributed by atoms with Crippen molar-refractivity contribution in [1.29, 1.82) is 0 Å². The molecule has 1 N–H and O–H groups in total. The third-order valence-corrected chi connectivity index (χ3v) is 4.80. The molecule has 3 heterocycles. The summed E-state index contributed by atoms with van der Waals surface area (Å²) in [5.74, 6) is 0.405. The highest BCUT2D eigenvalue weighted by molar-refractivity contribution is 5.91. The Morgan fingerprint density at radius 2 is 1.96 bits per heavy atom. The molecule has 0 atom stereocenters. The Labute approximate surface area is 152 Å². The number of amides is 1. The minimum absolute atomic E-state index is 0.162. The van der Waals surface area contributed by atoms with Gasteiger partial charge in [-0.15, -0.1) is 5.10 Å². The van der Waals surface area contributed by atoms with E-state index in [0.717, 1.165) is 38.2 Å². The summed E-state index contributed by atoms with van der Waals surface area (Å²) >= 11 is 0. The molecule has 1 fully saturated rings. The summed E-state index contributed by atoms with van der Waals surface area (Å²) in [6, 6.07) is 12.5. The zero-order valence-corrected chi connectivity index (χ0v) is 14.8. The number of likely N-dealkylation sites (tertiary alicyclic amines) is 1. The summed E-state index contributed by atoms with van der Waals surface area (Å²) in [7, 11) is 0. The first-order chi connectivity index (χ1) is 12.7. The van der Waals surface area contributed by atoms with Gasteiger partial charge < -0.3 is 5.32 Å². The van der Waals surface area contributed by atoms with Crippen LogP contribution in [0.1, 0.15) is 34.7 Å². The predicted molar refractivity (Wildman–Crippen MR) is 97.7 cm³/mol. The average molecular weight is 350 g/mol. The summed E-state index contributed by atoms with van der Waals surface area (Å²) in [6.45, 7) is 4.81. The third-order valence-electron chi connectivity index (χ3n) is 4.80. The first kappa shape index (κ1) is 16.7. The van der Waals surface area contributed by atoms with Crippen molar-refractivity contribution in [2.75, 3.05) is 13.1 Å². The molecule has 1 aromatic carbocycles. The van der Waals surface area contributed by atoms with Crippen molar-refractivity contribution in [3.63, 3.8) is 0 Å². The lowest BCUT2D eigenvalue weighted by Crippen LogP contribution is -2.44. The lowest BCUT2D eigenvalue weighted by Gasteiger charge is -2.32. The van der Waals surface area contributed by atoms with Crippen LogP contribution in [0.2, 0.25) is 0 Å². The Morgan fingerprint density at radius 3 is 2.69 bits per heavy atom. The van der Waals surface area contributed by atoms with Crippen molar-refractivity contribution >= 4 is 11.7 Å². The maximum atomic E-state index is 12.5. The van der Waals surface area contributed by atoms with Crippen molar-refractivity contribution in [2.45, 2.75) is 32.4 Å². The van der Waals surface area contributed by atoms with Crippen LogP contribution >= 0.6 is 0 Å². The van der Waals surface area contributed by atoms with Crippen LogP contribution in [0.3, 0.4) is 0 Å². The number of fused-ring (bicyclic) bond motifs is 1. The number of carbonyl (C=O) groups excluding carboxylic acids is 1. The molecule has 7 heteroatoms. The average Bonchev–Trinajstić information content (AvgIpc) is 3.10. The van der Waals surface area contributed by atoms with Gasteiger partial charge >= 0.3 is 0 Å². The normalized spacial score (nSPS) is 16.0. The lowest BCUT2D eigenvalue weighted by molar-refractivity contribution is 0.0898. The number of carbonyl (C=O) groups is 1. The van der Waals surface area contributed by atoms with Crippen molar-refractivity contribution in [3.05, 3.63) is 59.7 Å². The summed E-state index contributed by atoms with van der Waals surface area (Å²) in [4.78, 5) is 23.3. The second kappa shape index (κ2) is 7.21. The molecule has 0 bridgehead atoms. The van der Waals surface area contributed by atoms with Crippen LogP contribution in [-0.2, 0) is 6.54 Å². The molecule has 1 saturated heterocycles. The number of aryl methyl sites for hydroxylation is 1. The first-order valence-corrected chi connectivity index (χ1v) is 8.94. The fraction of sp³-hybridized carbons (Fsp3) is 0.368. The first-order valence-electron chi connectivity index (χ1n) is 8.94. The van der Waals surface area contributed by atoms with Gasteiger partial charge in [-0.05, 0) is 31.4 Å². The fourth-order valence-electron chi connectivity index (χ4n) is 3.33. The van der Waals surface area contributed by atoms with Crippen molar-refractivity contribution in [2.24, 2.45) is 0 Å². The summed E-state index contributed by atoms with van der Waals surface area (Å²) in [6.07, 6.45) is 3.54. The van der Waals surface area contributed by atoms with Gasteiger partial charge in [-0.3, -0.25) is 9.69 Å². The van der Waals surface area contributed by atoms with Gasteiger partial charge in [-0.1, -0.05) is 30.3 Å². The van der Waals surface area contributed by atoms with Gasteiger partial charge in [0.15, 0.2) is 0 Å². The van der Waals surface area contributed by atoms with Crippen molar-refractivity contribution in [1.82, 2.24) is 29.8 Å². The zero-order chi connectivity index (χ0) is 17.9. The number of hydrogen-bond acceptors (Lipinski definition) is 5. The molecular weight excluding hydrogens is 328 g/mol. The molecule has 3 aromatic rings. The number of aromatic nitrogens is 4. The highest BCUT2D eigenvalue weighted by atomic mass is 16.2. The molecular formula is C19H22N6O. The quantitative estimate of drug-likeness (QED) is 0.777. The molecule has 2 aromatic heterocycles. The second-order valence-electron chi connectivity index (χ2n) is 6.74. The predicted octanol–water partition coefficient (Wildman–Crippen LogP) is 1.83. The van der Waals surface area contributed by atoms with Crippen molar-refractivity contribution < 1.29 is 4.79 Å². The molecule has 4 rings (SSSR count). The molecule has 1 amide bonds. The van der Waals surface area contributed by atoms with Gasteiger partial charge in [0.1, 0.15) is 0 Å². The fourth-order valence-corrected chi connectivity index (χ4v) is 3.33. The number of nitrogens with zero attached hydrogens (tertiary/aromatic N) is 5. The number of rotatable bonds is 4. The van der Waals surface area contributed by atoms with Crippen LogP contribution < -0.4 is 5.32 Å². The summed E-state index contributed by atoms with van der Waals surface area (Å²) < 4.78 is 1.59. The second-order valence-corrected chi connectivity index (χ2v) is 6.74. The lowest BCUT2D eigenvalue weighted by atomic mass is 10.0. The van der Waals surface area contributed by atoms with Crippen LogP contribution in [0.4, 0.5) is 0 Å². The van der Waals surface area contributed by atoms with Gasteiger partial charge in [-0.25, -0.2) is 9.50 Å². The van der Waals surface area contributed by atoms with Crippen LogP contribution in [0.15, 0.2) is 42.6 Å². The van der Waals surface area contributed by atoms with E-state index in [9.17, 15) is 4.79 Å². The van der Waals surface area contributed by atoms with Gasteiger partial charge in [0, 0.05) is 37.6 Å². The Morgan fingerprint density at radius 1 is 1.19 bits per heavy atom. The van der Waals surface area contributed by atoms with Crippen LogP contribution in [0.25, 0.3) is 5.78 Å². The Kier molecular flexibility index (Phi) is 4.62. The molecule has 0 spiro atoms. The number of nitrogens with one attached hydrogen (secondary N) is 1. The zero-order valence-electron chi connectivity index (χ0n) is 14.8. The van der Waals surface area contributed by atoms with E-state index < -0.39 is 0 Å². The molecule has 1 aliphatic rings. The van der Waals surface area contributed by atoms with E-state index in [1.54, 1.807) is 10.7 Å². The van der Waals surface area contributed by atoms with Gasteiger partial charge in [-0.2, -0.15) is 4.98 Å². The minimum atomic E-state index is -0.226. The van der Waals surface area contributed by atoms with Gasteiger partial charge in [0.25, 0.3) is 11.7 Å². The topological polar surface area (TPSA) is 75.4 Å². The number of piperidine rings is 1. The van der Waals surface area contributed by atoms with E-state index in [0.29, 0.717) is 5.78 Å². The molecule has 1 aliphatic heterocycles. The van der Waals surface area contributed by atoms with Crippen LogP contribution in [-0.4, -0.2) is 49.5 Å². The summed E-state index contributed by atoms with van der Waals surface area (Å²) in [5.41, 5.74) is 2.22. The molecule has 0 unspecified atom stereocenters. The molecule has 0 saturated carbocycles. The highest BCUT2D eigenvalue weighted by Crippen LogP contribution is 2.14. The maximum Gasteiger partial charge on any atom is 0.291 e. The minimum Gasteiger partial charge on any atom is -0.346 e. The van der Waals surface area contributed by atoms with Crippen LogP contribution in [0, 0.1) is 6.92 Å². The van der Waals surface area contributed by atoms with Gasteiger partial charge in [0.05, 0.1) is 0 Å². The monoisotopic (exact) mass is 350 g/mol. The Bertz CT molecular complexity index is 899. The molecule has 134 valence electrons. The van der Waals surface area contributed by atoms with E-state index in [1.807, 2.05) is 19.1 Å². The standard InChI is InChI=1S/C19H22N6O/c1-14-7-10-20-19-22-17(23-25(14)19)18(26)21-16-8-11-24(12-9-16)13-15-5-3-2-4-6-15/h2-7,10,16H,8-9,11-13H2,1H3,(H,21,26). The molecule has 26 heavy (non-hydrogen) atoms. The summed E-state index contributed by atoms with van der Waals surface area (Å²) in [5, 5.41) is 7.34. The molecule has 0 aliphatic carbocycles. The SMILES string of the molecule is Cc1ccnc2nc(C(=O)NC3CCN(Cc4ccccc4)CC3)nn12. The third kappa shape index (κ3) is 3.57. The smallest absolute Gasteiger partial charge is 0.291 e. The van der Waals surface area contributed by atoms with E-state index in [-0.39, 0.29) is 17.8 Å². The number of hydrogen-bond donors (Lipinski definition) is 1. The molecule has 0 radical (unpaired) electrons.